The van der Waals surface area contributed by atoms with Gasteiger partial charge in [0.1, 0.15) is 17.1 Å². The maximum atomic E-state index is 9.55. The lowest BCUT2D eigenvalue weighted by Crippen LogP contribution is -1.98. The number of halogens is 1. The van der Waals surface area contributed by atoms with E-state index in [0.29, 0.717) is 11.1 Å². The molecule has 0 saturated heterocycles. The molecule has 1 aliphatic rings. The van der Waals surface area contributed by atoms with E-state index in [2.05, 4.69) is 14.5 Å². The smallest absolute Gasteiger partial charge is 0.160 e. The molecule has 0 radical (unpaired) electrons. The van der Waals surface area contributed by atoms with Gasteiger partial charge in [-0.25, -0.2) is 9.97 Å². The molecule has 0 unspecified atom stereocenters. The molecule has 0 amide bonds. The Balaban J connectivity index is 1.98. The highest BCUT2D eigenvalue weighted by molar-refractivity contribution is 6.32. The zero-order valence-corrected chi connectivity index (χ0v) is 11.4. The first-order valence-electron chi connectivity index (χ1n) is 6.56. The molecule has 0 bridgehead atoms. The number of aromatic hydroxyl groups is 1. The number of fused-ring (bicyclic) bond motifs is 1. The molecule has 1 fully saturated rings. The maximum absolute atomic E-state index is 9.55. The van der Waals surface area contributed by atoms with Crippen molar-refractivity contribution < 1.29 is 5.11 Å². The van der Waals surface area contributed by atoms with Crippen LogP contribution in [0.3, 0.4) is 0 Å². The number of imidazole rings is 1. The summed E-state index contributed by atoms with van der Waals surface area (Å²) in [6, 6.07) is 9.50. The van der Waals surface area contributed by atoms with Crippen molar-refractivity contribution in [2.75, 3.05) is 0 Å². The summed E-state index contributed by atoms with van der Waals surface area (Å²) in [4.78, 5) is 9.12. The summed E-state index contributed by atoms with van der Waals surface area (Å²) in [7, 11) is 0. The fraction of sp³-hybridized carbons (Fsp3) is 0.200. The van der Waals surface area contributed by atoms with E-state index in [9.17, 15) is 5.11 Å². The summed E-state index contributed by atoms with van der Waals surface area (Å²) < 4.78 is 2.18. The summed E-state index contributed by atoms with van der Waals surface area (Å²) in [6.45, 7) is 0. The lowest BCUT2D eigenvalue weighted by Gasteiger charge is -2.07. The lowest BCUT2D eigenvalue weighted by atomic mass is 10.2. The molecular formula is C15H12ClN3O. The minimum atomic E-state index is 0.0858. The molecule has 0 spiro atoms. The van der Waals surface area contributed by atoms with Gasteiger partial charge < -0.3 is 9.67 Å². The van der Waals surface area contributed by atoms with Crippen molar-refractivity contribution in [2.45, 2.75) is 18.9 Å². The summed E-state index contributed by atoms with van der Waals surface area (Å²) in [6.07, 6.45) is 4.10. The second kappa shape index (κ2) is 4.21. The molecule has 5 heteroatoms. The molecule has 3 aromatic rings. The van der Waals surface area contributed by atoms with E-state index < -0.39 is 0 Å². The predicted molar refractivity (Wildman–Crippen MR) is 77.9 cm³/mol. The highest BCUT2D eigenvalue weighted by Crippen LogP contribution is 2.41. The molecule has 100 valence electrons. The number of rotatable bonds is 2. The van der Waals surface area contributed by atoms with Gasteiger partial charge in [-0.2, -0.15) is 0 Å². The molecule has 1 aromatic carbocycles. The second-order valence-corrected chi connectivity index (χ2v) is 5.46. The first-order valence-corrected chi connectivity index (χ1v) is 6.93. The number of phenolic OH excluding ortho intramolecular Hbond substituents is 1. The zero-order chi connectivity index (χ0) is 13.7. The first kappa shape index (κ1) is 11.7. The van der Waals surface area contributed by atoms with Crippen LogP contribution in [0.1, 0.15) is 18.9 Å². The topological polar surface area (TPSA) is 50.9 Å². The molecule has 2 aromatic heterocycles. The lowest BCUT2D eigenvalue weighted by molar-refractivity contribution is 0.475. The Kier molecular flexibility index (Phi) is 2.47. The molecule has 4 nitrogen and oxygen atoms in total. The fourth-order valence-electron chi connectivity index (χ4n) is 2.46. The van der Waals surface area contributed by atoms with Gasteiger partial charge in [0.15, 0.2) is 5.65 Å². The van der Waals surface area contributed by atoms with Crippen LogP contribution in [0.15, 0.2) is 36.5 Å². The van der Waals surface area contributed by atoms with Crippen molar-refractivity contribution in [3.63, 3.8) is 0 Å². The van der Waals surface area contributed by atoms with Crippen molar-refractivity contribution >= 4 is 22.8 Å². The summed E-state index contributed by atoms with van der Waals surface area (Å²) >= 11 is 6.01. The third-order valence-electron chi connectivity index (χ3n) is 3.57. The number of aromatic nitrogens is 3. The third-order valence-corrected chi connectivity index (χ3v) is 3.87. The maximum Gasteiger partial charge on any atom is 0.160 e. The molecule has 0 atom stereocenters. The van der Waals surface area contributed by atoms with Crippen molar-refractivity contribution in [1.82, 2.24) is 14.5 Å². The van der Waals surface area contributed by atoms with Crippen molar-refractivity contribution in [3.05, 3.63) is 41.6 Å². The van der Waals surface area contributed by atoms with Gasteiger partial charge in [-0.05, 0) is 43.2 Å². The van der Waals surface area contributed by atoms with Crippen LogP contribution in [-0.4, -0.2) is 19.6 Å². The number of hydrogen-bond acceptors (Lipinski definition) is 3. The number of pyridine rings is 1. The molecular weight excluding hydrogens is 274 g/mol. The number of nitrogens with zero attached hydrogens (tertiary/aromatic N) is 3. The average molecular weight is 286 g/mol. The minimum absolute atomic E-state index is 0.0858. The standard InChI is InChI=1S/C15H12ClN3O/c16-11-8-9(3-6-13(11)20)14-18-12-2-1-7-17-15(12)19(14)10-4-5-10/h1-3,6-8,10,20H,4-5H2. The average Bonchev–Trinajstić information content (AvgIpc) is 3.22. The van der Waals surface area contributed by atoms with E-state index >= 15 is 0 Å². The van der Waals surface area contributed by atoms with Gasteiger partial charge in [0.25, 0.3) is 0 Å². The molecule has 1 aliphatic carbocycles. The van der Waals surface area contributed by atoms with Crippen molar-refractivity contribution in [1.29, 1.82) is 0 Å². The van der Waals surface area contributed by atoms with E-state index in [1.165, 1.54) is 0 Å². The van der Waals surface area contributed by atoms with Gasteiger partial charge in [0.2, 0.25) is 0 Å². The quantitative estimate of drug-likeness (QED) is 0.779. The highest BCUT2D eigenvalue weighted by atomic mass is 35.5. The Morgan fingerprint density at radius 2 is 2.10 bits per heavy atom. The fourth-order valence-corrected chi connectivity index (χ4v) is 2.64. The van der Waals surface area contributed by atoms with Crippen molar-refractivity contribution in [2.24, 2.45) is 0 Å². The molecule has 1 N–H and O–H groups in total. The predicted octanol–water partition coefficient (Wildman–Crippen LogP) is 3.79. The van der Waals surface area contributed by atoms with E-state index in [-0.39, 0.29) is 5.75 Å². The van der Waals surface area contributed by atoms with Crippen LogP contribution in [0.25, 0.3) is 22.6 Å². The van der Waals surface area contributed by atoms with Crippen LogP contribution in [0.2, 0.25) is 5.02 Å². The van der Waals surface area contributed by atoms with Crippen molar-refractivity contribution in [3.8, 4) is 17.1 Å². The van der Waals surface area contributed by atoms with Gasteiger partial charge in [0, 0.05) is 17.8 Å². The summed E-state index contributed by atoms with van der Waals surface area (Å²) in [5, 5.41) is 9.89. The van der Waals surface area contributed by atoms with Gasteiger partial charge >= 0.3 is 0 Å². The normalized spacial score (nSPS) is 14.8. The van der Waals surface area contributed by atoms with Crippen LogP contribution >= 0.6 is 11.6 Å². The van der Waals surface area contributed by atoms with Gasteiger partial charge in [-0.15, -0.1) is 0 Å². The van der Waals surface area contributed by atoms with Gasteiger partial charge in [0.05, 0.1) is 5.02 Å². The number of phenols is 1. The SMILES string of the molecule is Oc1ccc(-c2nc3cccnc3n2C2CC2)cc1Cl. The molecule has 4 rings (SSSR count). The van der Waals surface area contributed by atoms with Crippen LogP contribution in [0.4, 0.5) is 0 Å². The number of benzene rings is 1. The number of hydrogen-bond donors (Lipinski definition) is 1. The van der Waals surface area contributed by atoms with Gasteiger partial charge in [-0.3, -0.25) is 0 Å². The Bertz CT molecular complexity index is 808. The van der Waals surface area contributed by atoms with E-state index in [4.69, 9.17) is 11.6 Å². The Labute approximate surface area is 120 Å². The van der Waals surface area contributed by atoms with Crippen LogP contribution in [0, 0.1) is 0 Å². The van der Waals surface area contributed by atoms with Crippen LogP contribution in [0.5, 0.6) is 5.75 Å². The molecule has 2 heterocycles. The Morgan fingerprint density at radius 3 is 2.85 bits per heavy atom. The van der Waals surface area contributed by atoms with Crippen LogP contribution in [-0.2, 0) is 0 Å². The Hall–Kier alpha value is -2.07. The zero-order valence-electron chi connectivity index (χ0n) is 10.6. The monoisotopic (exact) mass is 285 g/mol. The van der Waals surface area contributed by atoms with E-state index in [1.54, 1.807) is 18.3 Å². The summed E-state index contributed by atoms with van der Waals surface area (Å²) in [5.41, 5.74) is 2.70. The van der Waals surface area contributed by atoms with Crippen LogP contribution < -0.4 is 0 Å². The first-order chi connectivity index (χ1) is 9.74. The summed E-state index contributed by atoms with van der Waals surface area (Å²) in [5.74, 6) is 0.950. The second-order valence-electron chi connectivity index (χ2n) is 5.05. The van der Waals surface area contributed by atoms with Gasteiger partial charge in [-0.1, -0.05) is 11.6 Å². The third kappa shape index (κ3) is 1.76. The molecule has 0 aliphatic heterocycles. The highest BCUT2D eigenvalue weighted by Gasteiger charge is 2.29. The molecule has 20 heavy (non-hydrogen) atoms. The van der Waals surface area contributed by atoms with E-state index in [0.717, 1.165) is 35.4 Å². The molecule has 1 saturated carbocycles. The minimum Gasteiger partial charge on any atom is -0.506 e. The Morgan fingerprint density at radius 1 is 1.25 bits per heavy atom. The largest absolute Gasteiger partial charge is 0.506 e. The van der Waals surface area contributed by atoms with E-state index in [1.807, 2.05) is 18.2 Å².